The lowest BCUT2D eigenvalue weighted by Crippen LogP contribution is -2.15. The van der Waals surface area contributed by atoms with Crippen molar-refractivity contribution in [1.82, 2.24) is 0 Å². The van der Waals surface area contributed by atoms with Gasteiger partial charge in [-0.2, -0.15) is 0 Å². The van der Waals surface area contributed by atoms with Crippen LogP contribution >= 0.6 is 11.3 Å². The minimum absolute atomic E-state index is 0.0591. The fraction of sp³-hybridized carbons (Fsp3) is 0.294. The Bertz CT molecular complexity index is 658. The number of para-hydroxylation sites is 1. The fourth-order valence-electron chi connectivity index (χ4n) is 2.10. The molecule has 1 amide bonds. The Hall–Kier alpha value is -1.94. The van der Waals surface area contributed by atoms with E-state index in [2.05, 4.69) is 5.32 Å². The standard InChI is InChI=1S/C17H19NO2S/c1-11(2)10-15(19)13-6-4-5-7-14(13)18-17(20)16-12(3)8-9-21-16/h4-9,11H,10H2,1-3H3,(H,18,20). The second-order valence-electron chi connectivity index (χ2n) is 5.45. The number of anilines is 1. The van der Waals surface area contributed by atoms with Crippen molar-refractivity contribution in [1.29, 1.82) is 0 Å². The average Bonchev–Trinajstić information content (AvgIpc) is 2.84. The van der Waals surface area contributed by atoms with E-state index in [1.807, 2.05) is 44.4 Å². The predicted molar refractivity (Wildman–Crippen MR) is 87.2 cm³/mol. The first-order chi connectivity index (χ1) is 9.99. The van der Waals surface area contributed by atoms with Crippen LogP contribution < -0.4 is 5.32 Å². The lowest BCUT2D eigenvalue weighted by molar-refractivity contribution is 0.0968. The quantitative estimate of drug-likeness (QED) is 0.824. The Morgan fingerprint density at radius 3 is 2.52 bits per heavy atom. The lowest BCUT2D eigenvalue weighted by atomic mass is 10.00. The van der Waals surface area contributed by atoms with Gasteiger partial charge in [-0.15, -0.1) is 11.3 Å². The van der Waals surface area contributed by atoms with Gasteiger partial charge < -0.3 is 5.32 Å². The van der Waals surface area contributed by atoms with E-state index in [4.69, 9.17) is 0 Å². The molecule has 1 aromatic heterocycles. The molecule has 0 radical (unpaired) electrons. The third kappa shape index (κ3) is 3.79. The summed E-state index contributed by atoms with van der Waals surface area (Å²) in [5.41, 5.74) is 2.11. The van der Waals surface area contributed by atoms with Crippen LogP contribution in [0.25, 0.3) is 0 Å². The zero-order valence-electron chi connectivity index (χ0n) is 12.5. The maximum Gasteiger partial charge on any atom is 0.266 e. The summed E-state index contributed by atoms with van der Waals surface area (Å²) in [4.78, 5) is 25.2. The van der Waals surface area contributed by atoms with Gasteiger partial charge in [-0.3, -0.25) is 9.59 Å². The van der Waals surface area contributed by atoms with Crippen LogP contribution in [-0.2, 0) is 0 Å². The van der Waals surface area contributed by atoms with E-state index >= 15 is 0 Å². The number of ketones is 1. The molecule has 0 fully saturated rings. The average molecular weight is 301 g/mol. The SMILES string of the molecule is Cc1ccsc1C(=O)Nc1ccccc1C(=O)CC(C)C. The van der Waals surface area contributed by atoms with Crippen LogP contribution in [-0.4, -0.2) is 11.7 Å². The zero-order chi connectivity index (χ0) is 15.4. The molecule has 0 bridgehead atoms. The van der Waals surface area contributed by atoms with E-state index in [9.17, 15) is 9.59 Å². The van der Waals surface area contributed by atoms with Crippen LogP contribution in [0.5, 0.6) is 0 Å². The minimum atomic E-state index is -0.160. The molecule has 0 unspecified atom stereocenters. The van der Waals surface area contributed by atoms with E-state index in [-0.39, 0.29) is 11.7 Å². The summed E-state index contributed by atoms with van der Waals surface area (Å²) < 4.78 is 0. The van der Waals surface area contributed by atoms with Gasteiger partial charge in [0, 0.05) is 12.0 Å². The van der Waals surface area contributed by atoms with Crippen molar-refractivity contribution in [2.45, 2.75) is 27.2 Å². The van der Waals surface area contributed by atoms with Crippen molar-refractivity contribution in [3.63, 3.8) is 0 Å². The Morgan fingerprint density at radius 2 is 1.90 bits per heavy atom. The number of rotatable bonds is 5. The number of hydrogen-bond donors (Lipinski definition) is 1. The molecule has 2 aromatic rings. The third-order valence-electron chi connectivity index (χ3n) is 3.14. The molecule has 3 nitrogen and oxygen atoms in total. The molecule has 0 aliphatic heterocycles. The Balaban J connectivity index is 2.23. The molecular weight excluding hydrogens is 282 g/mol. The highest BCUT2D eigenvalue weighted by Gasteiger charge is 2.16. The highest BCUT2D eigenvalue weighted by Crippen LogP contribution is 2.22. The summed E-state index contributed by atoms with van der Waals surface area (Å²) in [5.74, 6) is 0.192. The molecule has 0 aliphatic rings. The number of carbonyl (C=O) groups is 2. The molecular formula is C17H19NO2S. The van der Waals surface area contributed by atoms with Gasteiger partial charge in [0.1, 0.15) is 0 Å². The summed E-state index contributed by atoms with van der Waals surface area (Å²) >= 11 is 1.40. The van der Waals surface area contributed by atoms with E-state index in [1.165, 1.54) is 11.3 Å². The molecule has 2 rings (SSSR count). The van der Waals surface area contributed by atoms with Gasteiger partial charge in [-0.05, 0) is 42.0 Å². The second kappa shape index (κ2) is 6.68. The summed E-state index contributed by atoms with van der Waals surface area (Å²) in [6.45, 7) is 5.92. The van der Waals surface area contributed by atoms with Crippen LogP contribution in [0.1, 0.15) is 45.9 Å². The smallest absolute Gasteiger partial charge is 0.266 e. The fourth-order valence-corrected chi connectivity index (χ4v) is 2.92. The first-order valence-electron chi connectivity index (χ1n) is 6.96. The van der Waals surface area contributed by atoms with Crippen molar-refractivity contribution < 1.29 is 9.59 Å². The van der Waals surface area contributed by atoms with Crippen LogP contribution in [0.2, 0.25) is 0 Å². The second-order valence-corrected chi connectivity index (χ2v) is 6.37. The number of Topliss-reactive ketones (excluding diaryl/α,β-unsaturated/α-hetero) is 1. The molecule has 21 heavy (non-hydrogen) atoms. The first-order valence-corrected chi connectivity index (χ1v) is 7.84. The number of carbonyl (C=O) groups excluding carboxylic acids is 2. The summed E-state index contributed by atoms with van der Waals surface area (Å²) in [7, 11) is 0. The van der Waals surface area contributed by atoms with Gasteiger partial charge >= 0.3 is 0 Å². The van der Waals surface area contributed by atoms with Gasteiger partial charge in [0.25, 0.3) is 5.91 Å². The first kappa shape index (κ1) is 15.4. The normalized spacial score (nSPS) is 10.7. The number of thiophene rings is 1. The maximum absolute atomic E-state index is 12.3. The van der Waals surface area contributed by atoms with Crippen molar-refractivity contribution in [3.8, 4) is 0 Å². The van der Waals surface area contributed by atoms with Crippen molar-refractivity contribution in [2.75, 3.05) is 5.32 Å². The van der Waals surface area contributed by atoms with Crippen LogP contribution in [0.3, 0.4) is 0 Å². The Morgan fingerprint density at radius 1 is 1.19 bits per heavy atom. The molecule has 0 saturated heterocycles. The van der Waals surface area contributed by atoms with Crippen molar-refractivity contribution >= 4 is 28.7 Å². The molecule has 0 spiro atoms. The lowest BCUT2D eigenvalue weighted by Gasteiger charge is -2.11. The molecule has 0 atom stereocenters. The third-order valence-corrected chi connectivity index (χ3v) is 4.15. The Labute approximate surface area is 129 Å². The number of amides is 1. The van der Waals surface area contributed by atoms with Crippen molar-refractivity contribution in [2.24, 2.45) is 5.92 Å². The van der Waals surface area contributed by atoms with Crippen LogP contribution in [0, 0.1) is 12.8 Å². The molecule has 1 aromatic carbocycles. The predicted octanol–water partition coefficient (Wildman–Crippen LogP) is 4.54. The highest BCUT2D eigenvalue weighted by atomic mass is 32.1. The molecule has 0 aliphatic carbocycles. The van der Waals surface area contributed by atoms with Gasteiger partial charge in [0.05, 0.1) is 10.6 Å². The van der Waals surface area contributed by atoms with Gasteiger partial charge in [-0.25, -0.2) is 0 Å². The molecule has 1 heterocycles. The number of benzene rings is 1. The van der Waals surface area contributed by atoms with Gasteiger partial charge in [-0.1, -0.05) is 26.0 Å². The summed E-state index contributed by atoms with van der Waals surface area (Å²) in [6, 6.07) is 9.09. The van der Waals surface area contributed by atoms with E-state index in [1.54, 1.807) is 12.1 Å². The monoisotopic (exact) mass is 301 g/mol. The molecule has 110 valence electrons. The Kier molecular flexibility index (Phi) is 4.91. The van der Waals surface area contributed by atoms with E-state index in [0.29, 0.717) is 28.5 Å². The topological polar surface area (TPSA) is 46.2 Å². The molecule has 0 saturated carbocycles. The number of aryl methyl sites for hydroxylation is 1. The van der Waals surface area contributed by atoms with Gasteiger partial charge in [0.2, 0.25) is 0 Å². The zero-order valence-corrected chi connectivity index (χ0v) is 13.3. The van der Waals surface area contributed by atoms with Crippen LogP contribution in [0.4, 0.5) is 5.69 Å². The van der Waals surface area contributed by atoms with Crippen LogP contribution in [0.15, 0.2) is 35.7 Å². The maximum atomic E-state index is 12.3. The van der Waals surface area contributed by atoms with Crippen molar-refractivity contribution in [3.05, 3.63) is 51.7 Å². The molecule has 4 heteroatoms. The summed E-state index contributed by atoms with van der Waals surface area (Å²) in [5, 5.41) is 4.75. The highest BCUT2D eigenvalue weighted by molar-refractivity contribution is 7.12. The van der Waals surface area contributed by atoms with E-state index < -0.39 is 0 Å². The van der Waals surface area contributed by atoms with E-state index in [0.717, 1.165) is 5.56 Å². The largest absolute Gasteiger partial charge is 0.321 e. The minimum Gasteiger partial charge on any atom is -0.321 e. The number of nitrogens with one attached hydrogen (secondary N) is 1. The molecule has 1 N–H and O–H groups in total. The number of hydrogen-bond acceptors (Lipinski definition) is 3. The van der Waals surface area contributed by atoms with Gasteiger partial charge in [0.15, 0.2) is 5.78 Å². The summed E-state index contributed by atoms with van der Waals surface area (Å²) in [6.07, 6.45) is 0.477.